The predicted octanol–water partition coefficient (Wildman–Crippen LogP) is 3.00. The van der Waals surface area contributed by atoms with Crippen LogP contribution in [0.3, 0.4) is 0 Å². The highest BCUT2D eigenvalue weighted by atomic mass is 16.6. The first-order valence-electron chi connectivity index (χ1n) is 6.22. The van der Waals surface area contributed by atoms with E-state index in [1.165, 1.54) is 44.6 Å². The quantitative estimate of drug-likeness (QED) is 0.497. The lowest BCUT2D eigenvalue weighted by Gasteiger charge is -2.14. The largest absolute Gasteiger partial charge is 0.433 e. The Kier molecular flexibility index (Phi) is 4.14. The zero-order valence-corrected chi connectivity index (χ0v) is 9.85. The molecule has 0 spiro atoms. The normalized spacial score (nSPS) is 17.9. The molecule has 0 unspecified atom stereocenters. The molecule has 0 radical (unpaired) electrons. The third-order valence-electron chi connectivity index (χ3n) is 3.25. The van der Waals surface area contributed by atoms with Crippen molar-refractivity contribution in [1.82, 2.24) is 5.32 Å². The molecule has 2 rings (SSSR count). The van der Waals surface area contributed by atoms with Gasteiger partial charge in [-0.1, -0.05) is 25.7 Å². The highest BCUT2D eigenvalue weighted by Gasteiger charge is 2.14. The Bertz CT molecular complexity index is 368. The molecule has 0 saturated heterocycles. The second-order valence-corrected chi connectivity index (χ2v) is 4.57. The molecule has 1 aliphatic carbocycles. The fourth-order valence-electron chi connectivity index (χ4n) is 2.29. The van der Waals surface area contributed by atoms with E-state index in [1.54, 1.807) is 6.07 Å². The molecule has 0 atom stereocenters. The summed E-state index contributed by atoms with van der Waals surface area (Å²) in [4.78, 5) is 9.95. The third-order valence-corrected chi connectivity index (χ3v) is 3.25. The smallest absolute Gasteiger partial charge is 0.404 e. The second kappa shape index (κ2) is 5.82. The minimum absolute atomic E-state index is 0.178. The zero-order chi connectivity index (χ0) is 12.1. The third kappa shape index (κ3) is 3.56. The summed E-state index contributed by atoms with van der Waals surface area (Å²) < 4.78 is 5.11. The SMILES string of the molecule is O=[N+]([O-])c1ccc(CNC2CCCCCC2)o1. The van der Waals surface area contributed by atoms with Crippen LogP contribution in [0.25, 0.3) is 0 Å². The summed E-state index contributed by atoms with van der Waals surface area (Å²) in [5, 5.41) is 13.9. The average molecular weight is 238 g/mol. The van der Waals surface area contributed by atoms with Crippen LogP contribution >= 0.6 is 0 Å². The molecule has 0 aromatic carbocycles. The summed E-state index contributed by atoms with van der Waals surface area (Å²) in [5.41, 5.74) is 0. The average Bonchev–Trinajstić information content (AvgIpc) is 2.63. The van der Waals surface area contributed by atoms with Crippen LogP contribution in [0.1, 0.15) is 44.3 Å². The Morgan fingerprint density at radius 2 is 2.00 bits per heavy atom. The monoisotopic (exact) mass is 238 g/mol. The van der Waals surface area contributed by atoms with Crippen LogP contribution in [0.4, 0.5) is 5.88 Å². The molecule has 1 aromatic rings. The molecule has 0 amide bonds. The molecule has 1 heterocycles. The van der Waals surface area contributed by atoms with E-state index in [0.717, 1.165) is 0 Å². The van der Waals surface area contributed by atoms with Crippen LogP contribution in [0.15, 0.2) is 16.5 Å². The van der Waals surface area contributed by atoms with Crippen molar-refractivity contribution in [3.8, 4) is 0 Å². The molecule has 5 heteroatoms. The second-order valence-electron chi connectivity index (χ2n) is 4.57. The van der Waals surface area contributed by atoms with Gasteiger partial charge in [0.05, 0.1) is 12.6 Å². The predicted molar refractivity (Wildman–Crippen MR) is 63.7 cm³/mol. The molecule has 1 N–H and O–H groups in total. The molecule has 5 nitrogen and oxygen atoms in total. The van der Waals surface area contributed by atoms with Crippen molar-refractivity contribution in [1.29, 1.82) is 0 Å². The number of hydrogen-bond acceptors (Lipinski definition) is 4. The van der Waals surface area contributed by atoms with Gasteiger partial charge in [0.15, 0.2) is 0 Å². The molecule has 0 bridgehead atoms. The molecular formula is C12H18N2O3. The summed E-state index contributed by atoms with van der Waals surface area (Å²) in [6.07, 6.45) is 7.59. The summed E-state index contributed by atoms with van der Waals surface area (Å²) in [7, 11) is 0. The maximum atomic E-state index is 10.5. The molecule has 17 heavy (non-hydrogen) atoms. The number of hydrogen-bond donors (Lipinski definition) is 1. The first kappa shape index (κ1) is 12.1. The number of nitro groups is 1. The molecule has 1 aliphatic rings. The van der Waals surface area contributed by atoms with Crippen molar-refractivity contribution >= 4 is 5.88 Å². The molecule has 1 saturated carbocycles. The van der Waals surface area contributed by atoms with Crippen LogP contribution in [0.2, 0.25) is 0 Å². The number of furan rings is 1. The van der Waals surface area contributed by atoms with Gasteiger partial charge < -0.3 is 9.73 Å². The maximum Gasteiger partial charge on any atom is 0.433 e. The standard InChI is InChI=1S/C12H18N2O3/c15-14(16)12-8-7-11(17-12)9-13-10-5-3-1-2-4-6-10/h7-8,10,13H,1-6,9H2. The maximum absolute atomic E-state index is 10.5. The molecule has 0 aliphatic heterocycles. The first-order valence-corrected chi connectivity index (χ1v) is 6.22. The van der Waals surface area contributed by atoms with Crippen LogP contribution in [0.5, 0.6) is 0 Å². The Morgan fingerprint density at radius 3 is 2.59 bits per heavy atom. The molecule has 94 valence electrons. The van der Waals surface area contributed by atoms with E-state index in [-0.39, 0.29) is 5.88 Å². The van der Waals surface area contributed by atoms with E-state index >= 15 is 0 Å². The topological polar surface area (TPSA) is 68.3 Å². The van der Waals surface area contributed by atoms with Gasteiger partial charge in [0.1, 0.15) is 10.7 Å². The fraction of sp³-hybridized carbons (Fsp3) is 0.667. The lowest BCUT2D eigenvalue weighted by molar-refractivity contribution is -0.402. The number of rotatable bonds is 4. The Hall–Kier alpha value is -1.36. The van der Waals surface area contributed by atoms with Crippen LogP contribution < -0.4 is 5.32 Å². The minimum Gasteiger partial charge on any atom is -0.404 e. The Morgan fingerprint density at radius 1 is 1.29 bits per heavy atom. The van der Waals surface area contributed by atoms with Gasteiger partial charge in [0.25, 0.3) is 0 Å². The van der Waals surface area contributed by atoms with Gasteiger partial charge in [0, 0.05) is 6.04 Å². The highest BCUT2D eigenvalue weighted by Crippen LogP contribution is 2.19. The summed E-state index contributed by atoms with van der Waals surface area (Å²) in [6, 6.07) is 3.60. The Labute approximate surface area is 100 Å². The van der Waals surface area contributed by atoms with E-state index in [2.05, 4.69) is 5.32 Å². The van der Waals surface area contributed by atoms with E-state index in [1.807, 2.05) is 0 Å². The van der Waals surface area contributed by atoms with Crippen molar-refractivity contribution in [3.63, 3.8) is 0 Å². The van der Waals surface area contributed by atoms with Gasteiger partial charge in [0.2, 0.25) is 0 Å². The highest BCUT2D eigenvalue weighted by molar-refractivity contribution is 5.17. The Balaban J connectivity index is 1.81. The molecular weight excluding hydrogens is 220 g/mol. The summed E-state index contributed by atoms with van der Waals surface area (Å²) in [5.74, 6) is 0.462. The van der Waals surface area contributed by atoms with Gasteiger partial charge in [-0.3, -0.25) is 10.1 Å². The zero-order valence-electron chi connectivity index (χ0n) is 9.85. The minimum atomic E-state index is -0.505. The van der Waals surface area contributed by atoms with E-state index in [4.69, 9.17) is 4.42 Å². The molecule has 1 fully saturated rings. The number of nitrogens with one attached hydrogen (secondary N) is 1. The van der Waals surface area contributed by atoms with Gasteiger partial charge >= 0.3 is 5.88 Å². The van der Waals surface area contributed by atoms with Crippen molar-refractivity contribution in [2.75, 3.05) is 0 Å². The first-order chi connectivity index (χ1) is 8.25. The van der Waals surface area contributed by atoms with Gasteiger partial charge in [-0.25, -0.2) is 0 Å². The van der Waals surface area contributed by atoms with Gasteiger partial charge in [-0.05, 0) is 18.9 Å². The lowest BCUT2D eigenvalue weighted by Crippen LogP contribution is -2.27. The fourth-order valence-corrected chi connectivity index (χ4v) is 2.29. The van der Waals surface area contributed by atoms with Crippen molar-refractivity contribution in [2.45, 2.75) is 51.1 Å². The molecule has 1 aromatic heterocycles. The van der Waals surface area contributed by atoms with Crippen molar-refractivity contribution in [2.24, 2.45) is 0 Å². The van der Waals surface area contributed by atoms with E-state index < -0.39 is 4.92 Å². The number of nitrogens with zero attached hydrogens (tertiary/aromatic N) is 1. The van der Waals surface area contributed by atoms with E-state index in [0.29, 0.717) is 18.3 Å². The van der Waals surface area contributed by atoms with Crippen molar-refractivity contribution in [3.05, 3.63) is 28.0 Å². The van der Waals surface area contributed by atoms with Crippen LogP contribution in [0, 0.1) is 10.1 Å². The van der Waals surface area contributed by atoms with E-state index in [9.17, 15) is 10.1 Å². The lowest BCUT2D eigenvalue weighted by atomic mass is 10.1. The van der Waals surface area contributed by atoms with Crippen LogP contribution in [-0.4, -0.2) is 11.0 Å². The summed E-state index contributed by atoms with van der Waals surface area (Å²) >= 11 is 0. The van der Waals surface area contributed by atoms with Gasteiger partial charge in [-0.2, -0.15) is 0 Å². The summed E-state index contributed by atoms with van der Waals surface area (Å²) in [6.45, 7) is 0.582. The van der Waals surface area contributed by atoms with Crippen LogP contribution in [-0.2, 0) is 6.54 Å². The van der Waals surface area contributed by atoms with Gasteiger partial charge in [-0.15, -0.1) is 0 Å². The van der Waals surface area contributed by atoms with Crippen molar-refractivity contribution < 1.29 is 9.34 Å².